The van der Waals surface area contributed by atoms with Gasteiger partial charge in [0.1, 0.15) is 12.1 Å². The predicted octanol–water partition coefficient (Wildman–Crippen LogP) is 1.16. The highest BCUT2D eigenvalue weighted by molar-refractivity contribution is 5.86. The zero-order valence-electron chi connectivity index (χ0n) is 13.5. The van der Waals surface area contributed by atoms with Crippen LogP contribution in [0.15, 0.2) is 35.5 Å². The van der Waals surface area contributed by atoms with Crippen molar-refractivity contribution < 1.29 is 5.11 Å². The van der Waals surface area contributed by atoms with Crippen LogP contribution in [0.4, 0.5) is 5.82 Å². The fraction of sp³-hybridized carbons (Fsp3) is 0.250. The fourth-order valence-electron chi connectivity index (χ4n) is 2.87. The number of benzene rings is 1. The first-order valence-corrected chi connectivity index (χ1v) is 7.91. The van der Waals surface area contributed by atoms with Gasteiger partial charge in [-0.1, -0.05) is 6.07 Å². The number of aromatic amines is 2. The number of aromatic nitrogens is 6. The number of anilines is 1. The third-order valence-electron chi connectivity index (χ3n) is 4.14. The van der Waals surface area contributed by atoms with Crippen LogP contribution in [-0.4, -0.2) is 41.4 Å². The average molecular weight is 339 g/mol. The number of aliphatic hydroxyl groups is 1. The monoisotopic (exact) mass is 339 g/mol. The minimum atomic E-state index is -0.221. The van der Waals surface area contributed by atoms with Gasteiger partial charge in [-0.25, -0.2) is 19.4 Å². The summed E-state index contributed by atoms with van der Waals surface area (Å²) in [6.07, 6.45) is 3.16. The van der Waals surface area contributed by atoms with E-state index in [1.807, 2.05) is 25.1 Å². The number of nitrogens with zero attached hydrogens (tertiary/aromatic N) is 4. The quantitative estimate of drug-likeness (QED) is 0.432. The lowest BCUT2D eigenvalue weighted by molar-refractivity contribution is 0.271. The standard InChI is InChI=1S/C16H17N7O2/c1-9(10-2-3-12-13(6-10)22-16(25)21-12)20-14-11-7-19-23(4-5-24)15(11)18-8-17-14/h2-3,6-9,24H,4-5H2,1H3,(H,17,18,20)(H2,21,22,25)/t9-/m0/s1. The van der Waals surface area contributed by atoms with Gasteiger partial charge in [0.25, 0.3) is 0 Å². The van der Waals surface area contributed by atoms with Crippen LogP contribution in [0.25, 0.3) is 22.1 Å². The largest absolute Gasteiger partial charge is 0.394 e. The third-order valence-corrected chi connectivity index (χ3v) is 4.14. The van der Waals surface area contributed by atoms with Gasteiger partial charge in [0.2, 0.25) is 0 Å². The summed E-state index contributed by atoms with van der Waals surface area (Å²) in [4.78, 5) is 25.4. The van der Waals surface area contributed by atoms with E-state index >= 15 is 0 Å². The van der Waals surface area contributed by atoms with Gasteiger partial charge in [0.05, 0.1) is 41.8 Å². The summed E-state index contributed by atoms with van der Waals surface area (Å²) in [5.74, 6) is 0.671. The molecule has 0 saturated carbocycles. The van der Waals surface area contributed by atoms with Crippen LogP contribution in [-0.2, 0) is 6.54 Å². The minimum absolute atomic E-state index is 0.00513. The number of H-pyrrole nitrogens is 2. The Kier molecular flexibility index (Phi) is 3.69. The number of rotatable bonds is 5. The van der Waals surface area contributed by atoms with E-state index in [4.69, 9.17) is 5.11 Å². The van der Waals surface area contributed by atoms with Crippen molar-refractivity contribution in [1.82, 2.24) is 29.7 Å². The summed E-state index contributed by atoms with van der Waals surface area (Å²) in [5, 5.41) is 17.5. The summed E-state index contributed by atoms with van der Waals surface area (Å²) >= 11 is 0. The highest BCUT2D eigenvalue weighted by atomic mass is 16.3. The Morgan fingerprint density at radius 1 is 1.28 bits per heavy atom. The Morgan fingerprint density at radius 2 is 2.12 bits per heavy atom. The van der Waals surface area contributed by atoms with E-state index < -0.39 is 0 Å². The van der Waals surface area contributed by atoms with E-state index in [0.717, 1.165) is 22.0 Å². The van der Waals surface area contributed by atoms with Crippen molar-refractivity contribution in [3.05, 3.63) is 46.8 Å². The van der Waals surface area contributed by atoms with Gasteiger partial charge in [-0.05, 0) is 24.6 Å². The lowest BCUT2D eigenvalue weighted by Gasteiger charge is -2.15. The molecule has 0 radical (unpaired) electrons. The first-order chi connectivity index (χ1) is 12.2. The maximum Gasteiger partial charge on any atom is 0.323 e. The molecule has 3 aromatic heterocycles. The number of fused-ring (bicyclic) bond motifs is 2. The molecule has 1 atom stereocenters. The second-order valence-electron chi connectivity index (χ2n) is 5.80. The molecule has 0 aliphatic heterocycles. The molecule has 0 amide bonds. The third kappa shape index (κ3) is 2.74. The molecule has 0 fully saturated rings. The zero-order valence-corrected chi connectivity index (χ0v) is 13.5. The van der Waals surface area contributed by atoms with Crippen LogP contribution in [0.2, 0.25) is 0 Å². The molecule has 0 aliphatic carbocycles. The zero-order chi connectivity index (χ0) is 17.4. The number of nitrogens with one attached hydrogen (secondary N) is 3. The number of imidazole rings is 1. The van der Waals surface area contributed by atoms with Crippen LogP contribution in [0.3, 0.4) is 0 Å². The second kappa shape index (κ2) is 6.02. The van der Waals surface area contributed by atoms with E-state index in [0.29, 0.717) is 18.0 Å². The summed E-state index contributed by atoms with van der Waals surface area (Å²) in [6.45, 7) is 2.39. The number of hydrogen-bond acceptors (Lipinski definition) is 6. The molecule has 1 aromatic carbocycles. The molecule has 4 N–H and O–H groups in total. The predicted molar refractivity (Wildman–Crippen MR) is 93.4 cm³/mol. The molecule has 9 nitrogen and oxygen atoms in total. The van der Waals surface area contributed by atoms with E-state index in [9.17, 15) is 4.79 Å². The molecule has 25 heavy (non-hydrogen) atoms. The molecule has 3 heterocycles. The van der Waals surface area contributed by atoms with Gasteiger partial charge in [0.15, 0.2) is 5.65 Å². The summed E-state index contributed by atoms with van der Waals surface area (Å²) in [6, 6.07) is 5.72. The molecular formula is C16H17N7O2. The molecule has 4 rings (SSSR count). The number of hydrogen-bond donors (Lipinski definition) is 4. The van der Waals surface area contributed by atoms with E-state index in [-0.39, 0.29) is 18.3 Å². The Hall–Kier alpha value is -3.20. The summed E-state index contributed by atoms with van der Waals surface area (Å²) < 4.78 is 1.64. The lowest BCUT2D eigenvalue weighted by Crippen LogP contribution is -2.09. The lowest BCUT2D eigenvalue weighted by atomic mass is 10.1. The van der Waals surface area contributed by atoms with Crippen LogP contribution in [0.1, 0.15) is 18.5 Å². The van der Waals surface area contributed by atoms with Gasteiger partial charge in [-0.3, -0.25) is 0 Å². The van der Waals surface area contributed by atoms with Crippen LogP contribution in [0.5, 0.6) is 0 Å². The van der Waals surface area contributed by atoms with Gasteiger partial charge >= 0.3 is 5.69 Å². The second-order valence-corrected chi connectivity index (χ2v) is 5.80. The smallest absolute Gasteiger partial charge is 0.323 e. The fourth-order valence-corrected chi connectivity index (χ4v) is 2.87. The maximum atomic E-state index is 11.4. The van der Waals surface area contributed by atoms with Crippen molar-refractivity contribution in [2.24, 2.45) is 0 Å². The molecule has 0 bridgehead atoms. The van der Waals surface area contributed by atoms with Crippen molar-refractivity contribution in [3.8, 4) is 0 Å². The van der Waals surface area contributed by atoms with Crippen molar-refractivity contribution in [3.63, 3.8) is 0 Å². The van der Waals surface area contributed by atoms with Crippen LogP contribution >= 0.6 is 0 Å². The molecule has 0 saturated heterocycles. The molecule has 0 spiro atoms. The Labute approximate surface area is 141 Å². The summed E-state index contributed by atoms with van der Waals surface area (Å²) in [5.41, 5.74) is 3.00. The highest BCUT2D eigenvalue weighted by Crippen LogP contribution is 2.25. The Morgan fingerprint density at radius 3 is 2.96 bits per heavy atom. The van der Waals surface area contributed by atoms with Gasteiger partial charge in [-0.15, -0.1) is 0 Å². The molecule has 4 aromatic rings. The molecular weight excluding hydrogens is 322 g/mol. The highest BCUT2D eigenvalue weighted by Gasteiger charge is 2.13. The minimum Gasteiger partial charge on any atom is -0.394 e. The summed E-state index contributed by atoms with van der Waals surface area (Å²) in [7, 11) is 0. The molecule has 9 heteroatoms. The van der Waals surface area contributed by atoms with Gasteiger partial charge < -0.3 is 20.4 Å². The molecule has 0 unspecified atom stereocenters. The van der Waals surface area contributed by atoms with Crippen LogP contribution in [0, 0.1) is 0 Å². The molecule has 0 aliphatic rings. The van der Waals surface area contributed by atoms with Crippen molar-refractivity contribution in [2.45, 2.75) is 19.5 Å². The first-order valence-electron chi connectivity index (χ1n) is 7.91. The topological polar surface area (TPSA) is 125 Å². The van der Waals surface area contributed by atoms with E-state index in [1.54, 1.807) is 10.9 Å². The van der Waals surface area contributed by atoms with Crippen LogP contribution < -0.4 is 11.0 Å². The van der Waals surface area contributed by atoms with Gasteiger partial charge in [-0.2, -0.15) is 5.10 Å². The normalized spacial score (nSPS) is 12.7. The Balaban J connectivity index is 1.66. The molecule has 128 valence electrons. The number of aliphatic hydroxyl groups excluding tert-OH is 1. The first kappa shape index (κ1) is 15.3. The van der Waals surface area contributed by atoms with Crippen molar-refractivity contribution in [1.29, 1.82) is 0 Å². The van der Waals surface area contributed by atoms with Gasteiger partial charge in [0, 0.05) is 0 Å². The van der Waals surface area contributed by atoms with Crippen molar-refractivity contribution in [2.75, 3.05) is 11.9 Å². The van der Waals surface area contributed by atoms with E-state index in [2.05, 4.69) is 30.4 Å². The average Bonchev–Trinajstić information content (AvgIpc) is 3.18. The Bertz CT molecular complexity index is 1090. The SMILES string of the molecule is C[C@H](Nc1ncnc2c1cnn2CCO)c1ccc2[nH]c(=O)[nH]c2c1. The van der Waals surface area contributed by atoms with E-state index in [1.165, 1.54) is 6.33 Å². The maximum absolute atomic E-state index is 11.4. The van der Waals surface area contributed by atoms with Crippen molar-refractivity contribution >= 4 is 27.9 Å².